The van der Waals surface area contributed by atoms with Crippen molar-refractivity contribution in [2.75, 3.05) is 33.2 Å². The Kier molecular flexibility index (Phi) is 8.37. The fourth-order valence-electron chi connectivity index (χ4n) is 1.47. The summed E-state index contributed by atoms with van der Waals surface area (Å²) in [6, 6.07) is 6.75. The Bertz CT molecular complexity index is 349. The summed E-state index contributed by atoms with van der Waals surface area (Å²) in [6.07, 6.45) is 0. The predicted molar refractivity (Wildman–Crippen MR) is 75.8 cm³/mol. The van der Waals surface area contributed by atoms with E-state index in [0.29, 0.717) is 5.56 Å². The number of carboxylic acid groups (broad SMARTS) is 1. The molecule has 1 aliphatic heterocycles. The monoisotopic (exact) mass is 272 g/mol. The number of hydrogen-bond donors (Lipinski definition) is 2. The second-order valence-corrected chi connectivity index (χ2v) is 4.22. The third kappa shape index (κ3) is 6.59. The van der Waals surface area contributed by atoms with Gasteiger partial charge in [-0.25, -0.2) is 4.79 Å². The lowest BCUT2D eigenvalue weighted by molar-refractivity contribution is 0.0697. The van der Waals surface area contributed by atoms with E-state index < -0.39 is 5.97 Å². The largest absolute Gasteiger partial charge is 0.478 e. The van der Waals surface area contributed by atoms with Crippen molar-refractivity contribution < 1.29 is 9.90 Å². The molecule has 0 unspecified atom stereocenters. The summed E-state index contributed by atoms with van der Waals surface area (Å²) in [4.78, 5) is 12.6. The average molecular weight is 273 g/mol. The lowest BCUT2D eigenvalue weighted by atomic mass is 10.2. The van der Waals surface area contributed by atoms with Gasteiger partial charge in [0, 0.05) is 26.2 Å². The second kappa shape index (κ2) is 8.91. The van der Waals surface area contributed by atoms with Gasteiger partial charge in [0.1, 0.15) is 0 Å². The van der Waals surface area contributed by atoms with Crippen LogP contribution in [0.2, 0.25) is 0 Å². The van der Waals surface area contributed by atoms with Crippen LogP contribution in [0.3, 0.4) is 0 Å². The summed E-state index contributed by atoms with van der Waals surface area (Å²) in [5.74, 6) is -0.875. The minimum Gasteiger partial charge on any atom is -0.478 e. The van der Waals surface area contributed by atoms with Crippen LogP contribution in [0, 0.1) is 6.92 Å². The van der Waals surface area contributed by atoms with Crippen LogP contribution in [0.25, 0.3) is 0 Å². The SMILES string of the molecule is CN1CCNCC1.Cc1ccc(C(=O)O)cc1.Cl. The summed E-state index contributed by atoms with van der Waals surface area (Å²) < 4.78 is 0. The van der Waals surface area contributed by atoms with Gasteiger partial charge in [-0.05, 0) is 26.1 Å². The van der Waals surface area contributed by atoms with E-state index in [0.717, 1.165) is 18.7 Å². The maximum Gasteiger partial charge on any atom is 0.335 e. The fourth-order valence-corrected chi connectivity index (χ4v) is 1.47. The average Bonchev–Trinajstić information content (AvgIpc) is 2.31. The Morgan fingerprint density at radius 2 is 1.72 bits per heavy atom. The predicted octanol–water partition coefficient (Wildman–Crippen LogP) is 1.64. The molecule has 1 saturated heterocycles. The Balaban J connectivity index is 0.000000321. The summed E-state index contributed by atoms with van der Waals surface area (Å²) in [7, 11) is 2.15. The van der Waals surface area contributed by atoms with Crippen LogP contribution in [0.1, 0.15) is 15.9 Å². The number of carboxylic acids is 1. The number of carbonyl (C=O) groups is 1. The molecule has 1 fully saturated rings. The first-order chi connectivity index (χ1) is 8.09. The van der Waals surface area contributed by atoms with Crippen LogP contribution in [-0.4, -0.2) is 49.2 Å². The van der Waals surface area contributed by atoms with E-state index >= 15 is 0 Å². The molecule has 0 amide bonds. The first-order valence-corrected chi connectivity index (χ1v) is 5.79. The molecule has 0 spiro atoms. The highest BCUT2D eigenvalue weighted by Gasteiger charge is 2.01. The van der Waals surface area contributed by atoms with Gasteiger partial charge >= 0.3 is 5.97 Å². The maximum absolute atomic E-state index is 10.3. The van der Waals surface area contributed by atoms with E-state index in [2.05, 4.69) is 17.3 Å². The van der Waals surface area contributed by atoms with Gasteiger partial charge in [0.15, 0.2) is 0 Å². The van der Waals surface area contributed by atoms with Gasteiger partial charge in [0.05, 0.1) is 5.56 Å². The molecule has 4 nitrogen and oxygen atoms in total. The number of benzene rings is 1. The number of aryl methyl sites for hydroxylation is 1. The number of piperazine rings is 1. The van der Waals surface area contributed by atoms with E-state index in [9.17, 15) is 4.79 Å². The van der Waals surface area contributed by atoms with E-state index in [1.165, 1.54) is 13.1 Å². The highest BCUT2D eigenvalue weighted by molar-refractivity contribution is 5.87. The van der Waals surface area contributed by atoms with E-state index in [4.69, 9.17) is 5.11 Å². The van der Waals surface area contributed by atoms with Gasteiger partial charge in [-0.1, -0.05) is 17.7 Å². The Morgan fingerprint density at radius 1 is 1.22 bits per heavy atom. The third-order valence-corrected chi connectivity index (χ3v) is 2.64. The van der Waals surface area contributed by atoms with Gasteiger partial charge in [0.25, 0.3) is 0 Å². The van der Waals surface area contributed by atoms with Crippen molar-refractivity contribution in [2.45, 2.75) is 6.92 Å². The van der Waals surface area contributed by atoms with E-state index in [-0.39, 0.29) is 12.4 Å². The lowest BCUT2D eigenvalue weighted by Gasteiger charge is -2.21. The normalized spacial score (nSPS) is 15.0. The standard InChI is InChI=1S/C8H8O2.C5H12N2.ClH/c1-6-2-4-7(5-3-6)8(9)10;1-7-4-2-6-3-5-7;/h2-5H,1H3,(H,9,10);6H,2-5H2,1H3;1H. The lowest BCUT2D eigenvalue weighted by Crippen LogP contribution is -2.40. The summed E-state index contributed by atoms with van der Waals surface area (Å²) in [6.45, 7) is 6.67. The first-order valence-electron chi connectivity index (χ1n) is 5.79. The smallest absolute Gasteiger partial charge is 0.335 e. The third-order valence-electron chi connectivity index (χ3n) is 2.64. The van der Waals surface area contributed by atoms with Crippen LogP contribution >= 0.6 is 12.4 Å². The number of nitrogens with one attached hydrogen (secondary N) is 1. The van der Waals surface area contributed by atoms with Crippen molar-refractivity contribution in [3.8, 4) is 0 Å². The highest BCUT2D eigenvalue weighted by atomic mass is 35.5. The topological polar surface area (TPSA) is 52.6 Å². The molecule has 18 heavy (non-hydrogen) atoms. The number of nitrogens with zero attached hydrogens (tertiary/aromatic N) is 1. The molecule has 2 rings (SSSR count). The summed E-state index contributed by atoms with van der Waals surface area (Å²) in [5.41, 5.74) is 1.41. The van der Waals surface area contributed by atoms with Crippen molar-refractivity contribution >= 4 is 18.4 Å². The number of likely N-dealkylation sites (N-methyl/N-ethyl adjacent to an activating group) is 1. The van der Waals surface area contributed by atoms with Gasteiger partial charge in [0.2, 0.25) is 0 Å². The van der Waals surface area contributed by atoms with Gasteiger partial charge in [-0.2, -0.15) is 0 Å². The van der Waals surface area contributed by atoms with Crippen LogP contribution in [0.15, 0.2) is 24.3 Å². The van der Waals surface area contributed by atoms with Crippen molar-refractivity contribution in [2.24, 2.45) is 0 Å². The van der Waals surface area contributed by atoms with Crippen LogP contribution in [0.4, 0.5) is 0 Å². The molecule has 2 N–H and O–H groups in total. The second-order valence-electron chi connectivity index (χ2n) is 4.22. The van der Waals surface area contributed by atoms with Crippen LogP contribution in [-0.2, 0) is 0 Å². The quantitative estimate of drug-likeness (QED) is 0.816. The van der Waals surface area contributed by atoms with Crippen molar-refractivity contribution in [3.63, 3.8) is 0 Å². The molecular weight excluding hydrogens is 252 g/mol. The molecule has 0 saturated carbocycles. The minimum absolute atomic E-state index is 0. The molecule has 1 aromatic rings. The van der Waals surface area contributed by atoms with Gasteiger partial charge in [-0.3, -0.25) is 0 Å². The molecule has 5 heteroatoms. The molecule has 0 aliphatic carbocycles. The molecule has 1 aromatic carbocycles. The highest BCUT2D eigenvalue weighted by Crippen LogP contribution is 2.01. The molecule has 102 valence electrons. The maximum atomic E-state index is 10.3. The van der Waals surface area contributed by atoms with Crippen LogP contribution in [0.5, 0.6) is 0 Å². The number of aromatic carboxylic acids is 1. The minimum atomic E-state index is -0.875. The number of halogens is 1. The van der Waals surface area contributed by atoms with Crippen LogP contribution < -0.4 is 5.32 Å². The van der Waals surface area contributed by atoms with Crippen molar-refractivity contribution in [3.05, 3.63) is 35.4 Å². The Morgan fingerprint density at radius 3 is 2.06 bits per heavy atom. The molecule has 1 aliphatic rings. The first kappa shape index (κ1) is 16.9. The fraction of sp³-hybridized carbons (Fsp3) is 0.462. The van der Waals surface area contributed by atoms with E-state index in [1.807, 2.05) is 6.92 Å². The number of hydrogen-bond acceptors (Lipinski definition) is 3. The van der Waals surface area contributed by atoms with Gasteiger partial charge < -0.3 is 15.3 Å². The molecule has 1 heterocycles. The molecule has 0 atom stereocenters. The molecule has 0 aromatic heterocycles. The Labute approximate surface area is 114 Å². The zero-order valence-corrected chi connectivity index (χ0v) is 11.7. The molecule has 0 radical (unpaired) electrons. The van der Waals surface area contributed by atoms with Crippen molar-refractivity contribution in [1.29, 1.82) is 0 Å². The zero-order chi connectivity index (χ0) is 12.7. The molecule has 0 bridgehead atoms. The number of rotatable bonds is 1. The van der Waals surface area contributed by atoms with Crippen molar-refractivity contribution in [1.82, 2.24) is 10.2 Å². The van der Waals surface area contributed by atoms with E-state index in [1.54, 1.807) is 24.3 Å². The summed E-state index contributed by atoms with van der Waals surface area (Å²) in [5, 5.41) is 11.7. The Hall–Kier alpha value is -1.10. The molecular formula is C13H21ClN2O2. The zero-order valence-electron chi connectivity index (χ0n) is 10.8. The van der Waals surface area contributed by atoms with Gasteiger partial charge in [-0.15, -0.1) is 12.4 Å². The summed E-state index contributed by atoms with van der Waals surface area (Å²) >= 11 is 0.